The number of aryl methyl sites for hydroxylation is 1. The second kappa shape index (κ2) is 8.58. The minimum atomic E-state index is 0.165. The van der Waals surface area contributed by atoms with Crippen molar-refractivity contribution in [2.45, 2.75) is 32.6 Å². The van der Waals surface area contributed by atoms with Crippen LogP contribution in [0.5, 0.6) is 5.88 Å². The first-order valence-corrected chi connectivity index (χ1v) is 10.7. The molecule has 3 heterocycles. The molecule has 3 aromatic heterocycles. The van der Waals surface area contributed by atoms with Gasteiger partial charge in [0, 0.05) is 23.6 Å². The fraction of sp³-hybridized carbons (Fsp3) is 0.208. The van der Waals surface area contributed by atoms with E-state index in [0.717, 1.165) is 52.8 Å². The Kier molecular flexibility index (Phi) is 5.33. The van der Waals surface area contributed by atoms with Gasteiger partial charge in [-0.15, -0.1) is 5.10 Å². The molecule has 0 aliphatic carbocycles. The Balaban J connectivity index is 1.48. The molecule has 0 unspecified atom stereocenters. The molecule has 0 aliphatic heterocycles. The van der Waals surface area contributed by atoms with Gasteiger partial charge in [-0.05, 0) is 40.0 Å². The molecule has 0 amide bonds. The molecule has 32 heavy (non-hydrogen) atoms. The number of hydrogen-bond acceptors (Lipinski definition) is 6. The predicted octanol–water partition coefficient (Wildman–Crippen LogP) is 4.22. The summed E-state index contributed by atoms with van der Waals surface area (Å²) >= 11 is 0. The van der Waals surface area contributed by atoms with Gasteiger partial charge in [-0.1, -0.05) is 61.9 Å². The summed E-state index contributed by atoms with van der Waals surface area (Å²) in [6, 6.07) is 18.2. The number of aromatic hydroxyl groups is 1. The lowest BCUT2D eigenvalue weighted by Crippen LogP contribution is -2.05. The van der Waals surface area contributed by atoms with Crippen molar-refractivity contribution in [3.8, 4) is 28.4 Å². The van der Waals surface area contributed by atoms with Crippen LogP contribution in [0.1, 0.15) is 36.6 Å². The third kappa shape index (κ3) is 3.71. The van der Waals surface area contributed by atoms with Crippen molar-refractivity contribution in [3.05, 3.63) is 77.6 Å². The molecule has 0 saturated carbocycles. The Morgan fingerprint density at radius 1 is 1.00 bits per heavy atom. The van der Waals surface area contributed by atoms with Crippen molar-refractivity contribution in [2.24, 2.45) is 0 Å². The smallest absolute Gasteiger partial charge is 0.219 e. The second-order valence-corrected chi connectivity index (χ2v) is 7.73. The van der Waals surface area contributed by atoms with Crippen LogP contribution in [0, 0.1) is 0 Å². The highest BCUT2D eigenvalue weighted by Gasteiger charge is 2.16. The van der Waals surface area contributed by atoms with E-state index in [-0.39, 0.29) is 5.88 Å². The van der Waals surface area contributed by atoms with Crippen LogP contribution in [0.25, 0.3) is 28.2 Å². The van der Waals surface area contributed by atoms with Crippen LogP contribution in [0.2, 0.25) is 0 Å². The van der Waals surface area contributed by atoms with E-state index < -0.39 is 0 Å². The van der Waals surface area contributed by atoms with Gasteiger partial charge in [0.1, 0.15) is 0 Å². The van der Waals surface area contributed by atoms with Crippen molar-refractivity contribution < 1.29 is 5.11 Å². The van der Waals surface area contributed by atoms with E-state index in [1.807, 2.05) is 24.3 Å². The van der Waals surface area contributed by atoms with E-state index in [1.165, 1.54) is 4.52 Å². The van der Waals surface area contributed by atoms with Gasteiger partial charge < -0.3 is 5.11 Å². The number of H-pyrrole nitrogens is 1. The minimum Gasteiger partial charge on any atom is -0.493 e. The molecule has 160 valence electrons. The number of nitrogens with one attached hydrogen (secondary N) is 1. The van der Waals surface area contributed by atoms with Crippen molar-refractivity contribution >= 4 is 5.65 Å². The molecule has 0 bridgehead atoms. The number of rotatable bonds is 7. The summed E-state index contributed by atoms with van der Waals surface area (Å²) in [5.74, 6) is 0.798. The van der Waals surface area contributed by atoms with Crippen molar-refractivity contribution in [2.75, 3.05) is 0 Å². The average Bonchev–Trinajstić information content (AvgIpc) is 3.53. The highest BCUT2D eigenvalue weighted by atomic mass is 16.3. The van der Waals surface area contributed by atoms with Gasteiger partial charge in [0.2, 0.25) is 5.88 Å². The first-order chi connectivity index (χ1) is 15.7. The number of unbranched alkanes of at least 4 members (excludes halogenated alkanes) is 1. The van der Waals surface area contributed by atoms with Crippen molar-refractivity contribution in [1.29, 1.82) is 0 Å². The maximum atomic E-state index is 10.9. The van der Waals surface area contributed by atoms with Gasteiger partial charge in [0.25, 0.3) is 0 Å². The highest BCUT2D eigenvalue weighted by molar-refractivity contribution is 5.80. The Labute approximate surface area is 185 Å². The number of tetrazole rings is 1. The fourth-order valence-electron chi connectivity index (χ4n) is 3.96. The van der Waals surface area contributed by atoms with Crippen LogP contribution in [0.4, 0.5) is 0 Å². The molecule has 8 nitrogen and oxygen atoms in total. The monoisotopic (exact) mass is 425 g/mol. The Bertz CT molecular complexity index is 1340. The first kappa shape index (κ1) is 19.9. The number of benzene rings is 2. The molecule has 0 atom stereocenters. The van der Waals surface area contributed by atoms with Gasteiger partial charge in [-0.3, -0.25) is 0 Å². The number of aromatic nitrogens is 7. The van der Waals surface area contributed by atoms with Gasteiger partial charge in [0.05, 0.1) is 11.9 Å². The molecule has 2 N–H and O–H groups in total. The fourth-order valence-corrected chi connectivity index (χ4v) is 3.96. The van der Waals surface area contributed by atoms with Crippen molar-refractivity contribution in [1.82, 2.24) is 35.2 Å². The average molecular weight is 425 g/mol. The molecule has 5 rings (SSSR count). The van der Waals surface area contributed by atoms with Crippen LogP contribution in [-0.2, 0) is 12.8 Å². The van der Waals surface area contributed by atoms with Gasteiger partial charge >= 0.3 is 0 Å². The quantitative estimate of drug-likeness (QED) is 0.405. The molecule has 2 aromatic carbocycles. The molecule has 5 aromatic rings. The summed E-state index contributed by atoms with van der Waals surface area (Å²) in [5, 5.41) is 29.4. The van der Waals surface area contributed by atoms with E-state index in [4.69, 9.17) is 4.98 Å². The zero-order valence-corrected chi connectivity index (χ0v) is 17.7. The number of nitrogens with zero attached hydrogens (tertiary/aromatic N) is 6. The molecule has 0 spiro atoms. The third-order valence-electron chi connectivity index (χ3n) is 5.63. The highest BCUT2D eigenvalue weighted by Crippen LogP contribution is 2.31. The predicted molar refractivity (Wildman–Crippen MR) is 121 cm³/mol. The zero-order chi connectivity index (χ0) is 21.9. The number of hydrogen-bond donors (Lipinski definition) is 2. The van der Waals surface area contributed by atoms with E-state index in [0.29, 0.717) is 17.9 Å². The SMILES string of the molecule is CCCCc1nc2ccnn2c(O)c1Cc1ccc(-c2ccccc2-c2nnn[nH]2)cc1. The number of aromatic amines is 1. The van der Waals surface area contributed by atoms with Crippen LogP contribution in [-0.4, -0.2) is 40.3 Å². The Morgan fingerprint density at radius 2 is 1.81 bits per heavy atom. The lowest BCUT2D eigenvalue weighted by molar-refractivity contribution is 0.427. The maximum Gasteiger partial charge on any atom is 0.219 e. The standard InChI is InChI=1S/C24H23N7O/c1-2-3-8-21-20(24(32)31-22(26-21)13-14-25-31)15-16-9-11-17(12-10-16)18-6-4-5-7-19(18)23-27-29-30-28-23/h4-7,9-14,32H,2-3,8,15H2,1H3,(H,27,28,29,30). The van der Waals surface area contributed by atoms with E-state index in [1.54, 1.807) is 6.20 Å². The Morgan fingerprint density at radius 3 is 2.56 bits per heavy atom. The molecular weight excluding hydrogens is 402 g/mol. The normalized spacial score (nSPS) is 11.3. The Hall–Kier alpha value is -4.07. The largest absolute Gasteiger partial charge is 0.493 e. The van der Waals surface area contributed by atoms with Crippen LogP contribution < -0.4 is 0 Å². The second-order valence-electron chi connectivity index (χ2n) is 7.73. The maximum absolute atomic E-state index is 10.9. The van der Waals surface area contributed by atoms with Gasteiger partial charge in [-0.2, -0.15) is 9.61 Å². The summed E-state index contributed by atoms with van der Waals surface area (Å²) in [6.07, 6.45) is 5.17. The first-order valence-electron chi connectivity index (χ1n) is 10.7. The summed E-state index contributed by atoms with van der Waals surface area (Å²) in [4.78, 5) is 4.75. The molecule has 0 aliphatic rings. The van der Waals surface area contributed by atoms with E-state index in [2.05, 4.69) is 63.0 Å². The van der Waals surface area contributed by atoms with Gasteiger partial charge in [0.15, 0.2) is 11.5 Å². The summed E-state index contributed by atoms with van der Waals surface area (Å²) in [5.41, 5.74) is 6.58. The molecule has 0 saturated heterocycles. The zero-order valence-electron chi connectivity index (χ0n) is 17.7. The summed E-state index contributed by atoms with van der Waals surface area (Å²) < 4.78 is 1.50. The summed E-state index contributed by atoms with van der Waals surface area (Å²) in [6.45, 7) is 2.16. The summed E-state index contributed by atoms with van der Waals surface area (Å²) in [7, 11) is 0. The molecule has 0 radical (unpaired) electrons. The van der Waals surface area contributed by atoms with E-state index >= 15 is 0 Å². The molecular formula is C24H23N7O. The van der Waals surface area contributed by atoms with Gasteiger partial charge in [-0.25, -0.2) is 10.1 Å². The third-order valence-corrected chi connectivity index (χ3v) is 5.63. The van der Waals surface area contributed by atoms with Crippen LogP contribution in [0.3, 0.4) is 0 Å². The molecule has 0 fully saturated rings. The van der Waals surface area contributed by atoms with Crippen LogP contribution in [0.15, 0.2) is 60.8 Å². The lowest BCUT2D eigenvalue weighted by atomic mass is 9.96. The topological polar surface area (TPSA) is 105 Å². The molecule has 8 heteroatoms. The lowest BCUT2D eigenvalue weighted by Gasteiger charge is -2.13. The number of fused-ring (bicyclic) bond motifs is 1. The minimum absolute atomic E-state index is 0.165. The van der Waals surface area contributed by atoms with Crippen LogP contribution >= 0.6 is 0 Å². The van der Waals surface area contributed by atoms with E-state index in [9.17, 15) is 5.11 Å². The van der Waals surface area contributed by atoms with Crippen molar-refractivity contribution in [3.63, 3.8) is 0 Å².